The molecule has 0 radical (unpaired) electrons. The lowest BCUT2D eigenvalue weighted by molar-refractivity contribution is 0.0897. The lowest BCUT2D eigenvalue weighted by Crippen LogP contribution is -2.26. The van der Waals surface area contributed by atoms with E-state index in [0.717, 1.165) is 44.3 Å². The molecule has 2 aliphatic rings. The first kappa shape index (κ1) is 15.1. The van der Waals surface area contributed by atoms with E-state index in [2.05, 4.69) is 26.7 Å². The fourth-order valence-corrected chi connectivity index (χ4v) is 4.22. The van der Waals surface area contributed by atoms with Crippen molar-refractivity contribution in [2.45, 2.75) is 19.6 Å². The van der Waals surface area contributed by atoms with Crippen molar-refractivity contribution < 1.29 is 9.47 Å². The molecule has 23 heavy (non-hydrogen) atoms. The van der Waals surface area contributed by atoms with Crippen molar-refractivity contribution in [3.63, 3.8) is 0 Å². The number of thiophene rings is 1. The zero-order chi connectivity index (χ0) is 15.6. The first-order chi connectivity index (χ1) is 11.3. The Hall–Kier alpha value is -1.43. The van der Waals surface area contributed by atoms with Gasteiger partial charge in [0.25, 0.3) is 0 Å². The molecular weight excluding hydrogens is 308 g/mol. The minimum atomic E-state index is 0.373. The van der Waals surface area contributed by atoms with Gasteiger partial charge in [-0.1, -0.05) is 0 Å². The average molecular weight is 330 g/mol. The average Bonchev–Trinajstić information content (AvgIpc) is 3.25. The Morgan fingerprint density at radius 1 is 1.35 bits per heavy atom. The third-order valence-corrected chi connectivity index (χ3v) is 5.58. The van der Waals surface area contributed by atoms with Gasteiger partial charge in [-0.3, -0.25) is 9.88 Å². The SMILES string of the molecule is Cc1ccc(OC[C@@H]2CO[C@H]3CN(Cc4ccsc4)C[C@@H]23)cn1. The maximum atomic E-state index is 6.01. The smallest absolute Gasteiger partial charge is 0.137 e. The highest BCUT2D eigenvalue weighted by Crippen LogP contribution is 2.34. The number of pyridine rings is 1. The van der Waals surface area contributed by atoms with Crippen molar-refractivity contribution in [3.8, 4) is 5.75 Å². The maximum absolute atomic E-state index is 6.01. The second-order valence-corrected chi connectivity index (χ2v) is 7.35. The fraction of sp³-hybridized carbons (Fsp3) is 0.500. The Kier molecular flexibility index (Phi) is 4.33. The summed E-state index contributed by atoms with van der Waals surface area (Å²) >= 11 is 1.77. The van der Waals surface area contributed by atoms with Crippen LogP contribution in [0.15, 0.2) is 35.2 Å². The van der Waals surface area contributed by atoms with Gasteiger partial charge in [-0.05, 0) is 41.4 Å². The van der Waals surface area contributed by atoms with Gasteiger partial charge in [0, 0.05) is 37.2 Å². The van der Waals surface area contributed by atoms with E-state index in [1.807, 2.05) is 19.1 Å². The van der Waals surface area contributed by atoms with Crippen LogP contribution in [0.5, 0.6) is 5.75 Å². The summed E-state index contributed by atoms with van der Waals surface area (Å²) in [5.41, 5.74) is 2.43. The van der Waals surface area contributed by atoms with E-state index in [1.165, 1.54) is 5.56 Å². The molecule has 4 nitrogen and oxygen atoms in total. The normalized spacial score (nSPS) is 27.3. The molecule has 0 spiro atoms. The molecule has 3 atom stereocenters. The summed E-state index contributed by atoms with van der Waals surface area (Å²) in [5.74, 6) is 1.92. The fourth-order valence-electron chi connectivity index (χ4n) is 3.56. The van der Waals surface area contributed by atoms with Crippen LogP contribution in [-0.4, -0.2) is 42.3 Å². The van der Waals surface area contributed by atoms with Gasteiger partial charge in [0.2, 0.25) is 0 Å². The van der Waals surface area contributed by atoms with Crippen LogP contribution in [0.4, 0.5) is 0 Å². The second-order valence-electron chi connectivity index (χ2n) is 6.57. The van der Waals surface area contributed by atoms with Crippen molar-refractivity contribution in [2.24, 2.45) is 11.8 Å². The van der Waals surface area contributed by atoms with Gasteiger partial charge in [-0.2, -0.15) is 11.3 Å². The number of nitrogens with zero attached hydrogens (tertiary/aromatic N) is 2. The molecular formula is C18H22N2O2S. The van der Waals surface area contributed by atoms with Gasteiger partial charge in [0.1, 0.15) is 5.75 Å². The molecule has 0 unspecified atom stereocenters. The highest BCUT2D eigenvalue weighted by molar-refractivity contribution is 7.07. The summed E-state index contributed by atoms with van der Waals surface area (Å²) in [4.78, 5) is 6.79. The Balaban J connectivity index is 1.32. The van der Waals surface area contributed by atoms with Gasteiger partial charge in [-0.15, -0.1) is 0 Å². The lowest BCUT2D eigenvalue weighted by atomic mass is 9.94. The number of hydrogen-bond donors (Lipinski definition) is 0. The zero-order valence-electron chi connectivity index (χ0n) is 13.4. The minimum Gasteiger partial charge on any atom is -0.492 e. The largest absolute Gasteiger partial charge is 0.492 e. The Morgan fingerprint density at radius 3 is 3.09 bits per heavy atom. The first-order valence-electron chi connectivity index (χ1n) is 8.18. The van der Waals surface area contributed by atoms with E-state index in [9.17, 15) is 0 Å². The Morgan fingerprint density at radius 2 is 2.30 bits per heavy atom. The van der Waals surface area contributed by atoms with E-state index in [1.54, 1.807) is 17.5 Å². The molecule has 0 bridgehead atoms. The minimum absolute atomic E-state index is 0.373. The van der Waals surface area contributed by atoms with Crippen molar-refractivity contribution in [1.82, 2.24) is 9.88 Å². The zero-order valence-corrected chi connectivity index (χ0v) is 14.2. The summed E-state index contributed by atoms with van der Waals surface area (Å²) in [7, 11) is 0. The molecule has 2 aliphatic heterocycles. The number of aromatic nitrogens is 1. The highest BCUT2D eigenvalue weighted by atomic mass is 32.1. The number of aryl methyl sites for hydroxylation is 1. The van der Waals surface area contributed by atoms with Crippen molar-refractivity contribution in [1.29, 1.82) is 0 Å². The summed E-state index contributed by atoms with van der Waals surface area (Å²) in [5, 5.41) is 4.38. The van der Waals surface area contributed by atoms with E-state index in [-0.39, 0.29) is 0 Å². The maximum Gasteiger partial charge on any atom is 0.137 e. The van der Waals surface area contributed by atoms with Crippen molar-refractivity contribution in [2.75, 3.05) is 26.3 Å². The van der Waals surface area contributed by atoms with Crippen LogP contribution < -0.4 is 4.74 Å². The Labute approximate surface area is 141 Å². The molecule has 0 amide bonds. The molecule has 4 heterocycles. The van der Waals surface area contributed by atoms with Crippen LogP contribution in [0.1, 0.15) is 11.3 Å². The first-order valence-corrected chi connectivity index (χ1v) is 9.13. The Bertz CT molecular complexity index is 629. The number of fused-ring (bicyclic) bond motifs is 1. The summed E-state index contributed by atoms with van der Waals surface area (Å²) in [6.45, 7) is 6.72. The molecule has 0 aliphatic carbocycles. The predicted molar refractivity (Wildman–Crippen MR) is 90.8 cm³/mol. The molecule has 0 aromatic carbocycles. The van der Waals surface area contributed by atoms with Crippen LogP contribution in [0.3, 0.4) is 0 Å². The molecule has 2 saturated heterocycles. The number of likely N-dealkylation sites (tertiary alicyclic amines) is 1. The third-order valence-electron chi connectivity index (χ3n) is 4.85. The molecule has 122 valence electrons. The van der Waals surface area contributed by atoms with Gasteiger partial charge in [-0.25, -0.2) is 0 Å². The van der Waals surface area contributed by atoms with E-state index < -0.39 is 0 Å². The van der Waals surface area contributed by atoms with Gasteiger partial charge < -0.3 is 9.47 Å². The summed E-state index contributed by atoms with van der Waals surface area (Å²) in [6, 6.07) is 6.19. The van der Waals surface area contributed by atoms with Crippen LogP contribution in [0.25, 0.3) is 0 Å². The topological polar surface area (TPSA) is 34.6 Å². The lowest BCUT2D eigenvalue weighted by Gasteiger charge is -2.19. The van der Waals surface area contributed by atoms with Gasteiger partial charge in [0.05, 0.1) is 25.5 Å². The van der Waals surface area contributed by atoms with Crippen LogP contribution in [0, 0.1) is 18.8 Å². The number of hydrogen-bond acceptors (Lipinski definition) is 5. The number of ether oxygens (including phenoxy) is 2. The molecule has 5 heteroatoms. The summed E-state index contributed by atoms with van der Waals surface area (Å²) in [6.07, 6.45) is 2.18. The van der Waals surface area contributed by atoms with E-state index in [4.69, 9.17) is 9.47 Å². The molecule has 2 aromatic rings. The van der Waals surface area contributed by atoms with Crippen LogP contribution in [-0.2, 0) is 11.3 Å². The van der Waals surface area contributed by atoms with Crippen molar-refractivity contribution in [3.05, 3.63) is 46.4 Å². The number of rotatable bonds is 5. The second kappa shape index (κ2) is 6.59. The highest BCUT2D eigenvalue weighted by Gasteiger charge is 2.43. The van der Waals surface area contributed by atoms with Gasteiger partial charge >= 0.3 is 0 Å². The molecule has 4 rings (SSSR count). The van der Waals surface area contributed by atoms with Crippen molar-refractivity contribution >= 4 is 11.3 Å². The van der Waals surface area contributed by atoms with Crippen LogP contribution >= 0.6 is 11.3 Å². The monoisotopic (exact) mass is 330 g/mol. The molecule has 0 saturated carbocycles. The molecule has 0 N–H and O–H groups in total. The molecule has 2 aromatic heterocycles. The van der Waals surface area contributed by atoms with E-state index >= 15 is 0 Å². The third kappa shape index (κ3) is 3.42. The van der Waals surface area contributed by atoms with E-state index in [0.29, 0.717) is 17.9 Å². The quantitative estimate of drug-likeness (QED) is 0.844. The molecule has 2 fully saturated rings. The summed E-state index contributed by atoms with van der Waals surface area (Å²) < 4.78 is 11.9. The predicted octanol–water partition coefficient (Wildman–Crippen LogP) is 2.98. The van der Waals surface area contributed by atoms with Gasteiger partial charge in [0.15, 0.2) is 0 Å². The standard InChI is InChI=1S/C18H22N2O2S/c1-13-2-3-16(6-19-13)21-10-15-11-22-18-9-20(8-17(15)18)7-14-4-5-23-12-14/h2-6,12,15,17-18H,7-11H2,1H3/t15-,17+,18+/m1/s1. The van der Waals surface area contributed by atoms with Crippen LogP contribution in [0.2, 0.25) is 0 Å².